The number of hydrogen-bond donors (Lipinski definition) is 1. The molecule has 92 valence electrons. The van der Waals surface area contributed by atoms with Crippen molar-refractivity contribution in [3.05, 3.63) is 53.3 Å². The summed E-state index contributed by atoms with van der Waals surface area (Å²) in [6.45, 7) is 0. The largest absolute Gasteiger partial charge is 0.508 e. The summed E-state index contributed by atoms with van der Waals surface area (Å²) in [4.78, 5) is 17.5. The van der Waals surface area contributed by atoms with Gasteiger partial charge in [-0.15, -0.1) is 0 Å². The number of carbonyl (C=O) groups excluding carboxylic acids is 1. The molecule has 0 aliphatic carbocycles. The number of halogens is 1. The molecule has 2 aromatic rings. The van der Waals surface area contributed by atoms with Crippen LogP contribution in [0, 0.1) is 0 Å². The van der Waals surface area contributed by atoms with E-state index in [1.807, 2.05) is 0 Å². The number of amides is 1. The highest BCUT2D eigenvalue weighted by atomic mass is 35.5. The highest BCUT2D eigenvalue weighted by Crippen LogP contribution is 2.20. The zero-order chi connectivity index (χ0) is 13.1. The number of nitrogens with zero attached hydrogens (tertiary/aromatic N) is 2. The molecule has 0 atom stereocenters. The molecule has 1 heterocycles. The van der Waals surface area contributed by atoms with Gasteiger partial charge in [0.2, 0.25) is 0 Å². The average Bonchev–Trinajstić information content (AvgIpc) is 2.37. The van der Waals surface area contributed by atoms with Crippen molar-refractivity contribution >= 4 is 23.2 Å². The van der Waals surface area contributed by atoms with E-state index in [1.165, 1.54) is 11.0 Å². The average molecular weight is 263 g/mol. The van der Waals surface area contributed by atoms with Crippen molar-refractivity contribution in [2.45, 2.75) is 0 Å². The van der Waals surface area contributed by atoms with Crippen LogP contribution in [-0.2, 0) is 0 Å². The molecule has 4 nitrogen and oxygen atoms in total. The molecule has 0 aliphatic rings. The summed E-state index contributed by atoms with van der Waals surface area (Å²) in [5, 5.41) is 9.65. The van der Waals surface area contributed by atoms with Crippen molar-refractivity contribution < 1.29 is 9.90 Å². The van der Waals surface area contributed by atoms with Crippen molar-refractivity contribution in [3.8, 4) is 5.75 Å². The van der Waals surface area contributed by atoms with Gasteiger partial charge in [0.05, 0.1) is 0 Å². The molecule has 0 radical (unpaired) electrons. The van der Waals surface area contributed by atoms with Crippen LogP contribution < -0.4 is 4.90 Å². The van der Waals surface area contributed by atoms with Gasteiger partial charge in [-0.25, -0.2) is 4.98 Å². The Morgan fingerprint density at radius 3 is 2.67 bits per heavy atom. The van der Waals surface area contributed by atoms with Gasteiger partial charge in [-0.3, -0.25) is 4.79 Å². The first kappa shape index (κ1) is 12.4. The molecule has 0 aliphatic heterocycles. The Labute approximate surface area is 109 Å². The number of carbonyl (C=O) groups is 1. The van der Waals surface area contributed by atoms with Gasteiger partial charge in [0.1, 0.15) is 16.6 Å². The minimum Gasteiger partial charge on any atom is -0.508 e. The summed E-state index contributed by atoms with van der Waals surface area (Å²) in [6.07, 6.45) is 0. The number of pyridine rings is 1. The third-order valence-electron chi connectivity index (χ3n) is 2.46. The van der Waals surface area contributed by atoms with Crippen molar-refractivity contribution in [1.29, 1.82) is 0 Å². The van der Waals surface area contributed by atoms with Crippen LogP contribution in [0.1, 0.15) is 10.5 Å². The minimum absolute atomic E-state index is 0.103. The summed E-state index contributed by atoms with van der Waals surface area (Å²) < 4.78 is 0. The van der Waals surface area contributed by atoms with Gasteiger partial charge in [-0.2, -0.15) is 0 Å². The minimum atomic E-state index is -0.289. The molecule has 2 rings (SSSR count). The number of rotatable bonds is 2. The molecule has 0 fully saturated rings. The molecule has 18 heavy (non-hydrogen) atoms. The molecule has 0 saturated carbocycles. The van der Waals surface area contributed by atoms with E-state index in [1.54, 1.807) is 43.4 Å². The third kappa shape index (κ3) is 2.60. The number of aromatic nitrogens is 1. The van der Waals surface area contributed by atoms with Gasteiger partial charge in [-0.1, -0.05) is 23.7 Å². The van der Waals surface area contributed by atoms with Gasteiger partial charge in [-0.05, 0) is 24.3 Å². The van der Waals surface area contributed by atoms with E-state index in [-0.39, 0.29) is 22.5 Å². The number of hydrogen-bond acceptors (Lipinski definition) is 3. The number of benzene rings is 1. The first-order valence-electron chi connectivity index (χ1n) is 5.27. The molecule has 0 unspecified atom stereocenters. The normalized spacial score (nSPS) is 10.1. The van der Waals surface area contributed by atoms with Crippen LogP contribution in [0.2, 0.25) is 5.15 Å². The molecule has 5 heteroatoms. The third-order valence-corrected chi connectivity index (χ3v) is 2.67. The maximum absolute atomic E-state index is 12.1. The van der Waals surface area contributed by atoms with Crippen LogP contribution in [0.4, 0.5) is 5.69 Å². The lowest BCUT2D eigenvalue weighted by molar-refractivity contribution is 0.0988. The van der Waals surface area contributed by atoms with E-state index in [2.05, 4.69) is 4.98 Å². The molecule has 1 N–H and O–H groups in total. The fraction of sp³-hybridized carbons (Fsp3) is 0.0769. The summed E-state index contributed by atoms with van der Waals surface area (Å²) in [5.74, 6) is -0.186. The second-order valence-corrected chi connectivity index (χ2v) is 4.12. The van der Waals surface area contributed by atoms with Gasteiger partial charge in [0.15, 0.2) is 0 Å². The molecule has 1 aromatic carbocycles. The Hall–Kier alpha value is -2.07. The fourth-order valence-corrected chi connectivity index (χ4v) is 1.68. The number of phenols is 1. The SMILES string of the molecule is CN(C(=O)c1cccc(Cl)n1)c1cccc(O)c1. The summed E-state index contributed by atoms with van der Waals surface area (Å²) in [6, 6.07) is 11.3. The molecule has 1 amide bonds. The molecule has 0 saturated heterocycles. The first-order valence-corrected chi connectivity index (χ1v) is 5.65. The highest BCUT2D eigenvalue weighted by molar-refractivity contribution is 6.29. The van der Waals surface area contributed by atoms with Gasteiger partial charge in [0.25, 0.3) is 5.91 Å². The Balaban J connectivity index is 2.29. The summed E-state index contributed by atoms with van der Waals surface area (Å²) in [5.41, 5.74) is 0.843. The zero-order valence-electron chi connectivity index (χ0n) is 9.67. The monoisotopic (exact) mass is 262 g/mol. The lowest BCUT2D eigenvalue weighted by atomic mass is 10.2. The second-order valence-electron chi connectivity index (χ2n) is 3.73. The first-order chi connectivity index (χ1) is 8.58. The van der Waals surface area contributed by atoms with Crippen molar-refractivity contribution in [2.24, 2.45) is 0 Å². The second kappa shape index (κ2) is 5.06. The molecule has 1 aromatic heterocycles. The van der Waals surface area contributed by atoms with E-state index >= 15 is 0 Å². The van der Waals surface area contributed by atoms with Crippen LogP contribution in [0.15, 0.2) is 42.5 Å². The van der Waals surface area contributed by atoms with Crippen LogP contribution in [0.5, 0.6) is 5.75 Å². The smallest absolute Gasteiger partial charge is 0.276 e. The maximum Gasteiger partial charge on any atom is 0.276 e. The standard InChI is InChI=1S/C13H11ClN2O2/c1-16(9-4-2-5-10(17)8-9)13(18)11-6-3-7-12(14)15-11/h2-8,17H,1H3. The van der Waals surface area contributed by atoms with Crippen molar-refractivity contribution in [2.75, 3.05) is 11.9 Å². The van der Waals surface area contributed by atoms with Crippen LogP contribution >= 0.6 is 11.6 Å². The predicted octanol–water partition coefficient (Wildman–Crippen LogP) is 2.72. The maximum atomic E-state index is 12.1. The predicted molar refractivity (Wildman–Crippen MR) is 70.1 cm³/mol. The number of anilines is 1. The number of aromatic hydroxyl groups is 1. The molecule has 0 spiro atoms. The Morgan fingerprint density at radius 1 is 1.28 bits per heavy atom. The summed E-state index contributed by atoms with van der Waals surface area (Å²) >= 11 is 5.74. The van der Waals surface area contributed by atoms with Gasteiger partial charge in [0, 0.05) is 18.8 Å². The topological polar surface area (TPSA) is 53.4 Å². The highest BCUT2D eigenvalue weighted by Gasteiger charge is 2.15. The molecular weight excluding hydrogens is 252 g/mol. The van der Waals surface area contributed by atoms with E-state index in [0.717, 1.165) is 0 Å². The summed E-state index contributed by atoms with van der Waals surface area (Å²) in [7, 11) is 1.61. The quantitative estimate of drug-likeness (QED) is 0.847. The van der Waals surface area contributed by atoms with E-state index in [4.69, 9.17) is 11.6 Å². The van der Waals surface area contributed by atoms with Crippen molar-refractivity contribution in [1.82, 2.24) is 4.98 Å². The lowest BCUT2D eigenvalue weighted by Crippen LogP contribution is -2.26. The molecular formula is C13H11ClN2O2. The molecule has 0 bridgehead atoms. The van der Waals surface area contributed by atoms with Gasteiger partial charge < -0.3 is 10.0 Å². The fourth-order valence-electron chi connectivity index (χ4n) is 1.52. The van der Waals surface area contributed by atoms with Crippen molar-refractivity contribution in [3.63, 3.8) is 0 Å². The Kier molecular flexibility index (Phi) is 3.48. The van der Waals surface area contributed by atoms with Crippen LogP contribution in [-0.4, -0.2) is 23.0 Å². The number of phenolic OH excluding ortho intramolecular Hbond substituents is 1. The van der Waals surface area contributed by atoms with Gasteiger partial charge >= 0.3 is 0 Å². The van der Waals surface area contributed by atoms with Crippen LogP contribution in [0.25, 0.3) is 0 Å². The van der Waals surface area contributed by atoms with Crippen LogP contribution in [0.3, 0.4) is 0 Å². The Morgan fingerprint density at radius 2 is 2.00 bits per heavy atom. The van der Waals surface area contributed by atoms with E-state index in [9.17, 15) is 9.90 Å². The van der Waals surface area contributed by atoms with E-state index < -0.39 is 0 Å². The Bertz CT molecular complexity index is 587. The van der Waals surface area contributed by atoms with E-state index in [0.29, 0.717) is 5.69 Å². The zero-order valence-corrected chi connectivity index (χ0v) is 10.4. The lowest BCUT2D eigenvalue weighted by Gasteiger charge is -2.17.